The SMILES string of the molecule is NC[C@H](O)CS(=O)(=O)c1ccnc(N)c1-n1nnc(-c2ccccc2S(N)(=O)=O)n1. The zero-order valence-electron chi connectivity index (χ0n) is 15.3. The average molecular weight is 454 g/mol. The Morgan fingerprint density at radius 3 is 2.47 bits per heavy atom. The minimum Gasteiger partial charge on any atom is -0.391 e. The highest BCUT2D eigenvalue weighted by Crippen LogP contribution is 2.27. The molecule has 0 saturated heterocycles. The number of aliphatic hydroxyl groups excluding tert-OH is 1. The molecule has 0 fully saturated rings. The second kappa shape index (κ2) is 8.04. The van der Waals surface area contributed by atoms with Crippen molar-refractivity contribution in [3.05, 3.63) is 36.5 Å². The van der Waals surface area contributed by atoms with Crippen molar-refractivity contribution in [2.45, 2.75) is 15.9 Å². The van der Waals surface area contributed by atoms with Crippen LogP contribution in [0.4, 0.5) is 5.82 Å². The molecule has 0 bridgehead atoms. The molecule has 7 N–H and O–H groups in total. The summed E-state index contributed by atoms with van der Waals surface area (Å²) in [6.45, 7) is -0.259. The maximum Gasteiger partial charge on any atom is 0.238 e. The predicted octanol–water partition coefficient (Wildman–Crippen LogP) is -1.95. The lowest BCUT2D eigenvalue weighted by molar-refractivity contribution is 0.205. The van der Waals surface area contributed by atoms with Gasteiger partial charge in [0.05, 0.1) is 21.6 Å². The Kier molecular flexibility index (Phi) is 5.82. The van der Waals surface area contributed by atoms with E-state index in [0.29, 0.717) is 0 Å². The second-order valence-electron chi connectivity index (χ2n) is 6.16. The van der Waals surface area contributed by atoms with Gasteiger partial charge in [0.15, 0.2) is 15.7 Å². The molecule has 160 valence electrons. The Morgan fingerprint density at radius 1 is 1.10 bits per heavy atom. The fraction of sp³-hybridized carbons (Fsp3) is 0.200. The van der Waals surface area contributed by atoms with Crippen molar-refractivity contribution in [3.8, 4) is 17.1 Å². The highest BCUT2D eigenvalue weighted by atomic mass is 32.2. The van der Waals surface area contributed by atoms with Crippen LogP contribution < -0.4 is 16.6 Å². The molecular formula is C15H18N8O5S2. The predicted molar refractivity (Wildman–Crippen MR) is 105 cm³/mol. The number of nitrogens with zero attached hydrogens (tertiary/aromatic N) is 5. The zero-order chi connectivity index (χ0) is 22.1. The minimum absolute atomic E-state index is 0.0664. The van der Waals surface area contributed by atoms with Gasteiger partial charge in [-0.15, -0.1) is 15.0 Å². The standard InChI is InChI=1S/C15H18N8O5S2/c16-7-9(24)8-29(25,26)12-5-6-19-14(17)13(12)23-21-15(20-22-23)10-3-1-2-4-11(10)30(18,27)28/h1-6,9,24H,7-8,16H2,(H2,17,19)(H2,18,27,28)/t9-/m0/s1. The van der Waals surface area contributed by atoms with Gasteiger partial charge in [-0.25, -0.2) is 27.0 Å². The van der Waals surface area contributed by atoms with E-state index in [4.69, 9.17) is 16.6 Å². The summed E-state index contributed by atoms with van der Waals surface area (Å²) >= 11 is 0. The van der Waals surface area contributed by atoms with E-state index in [1.165, 1.54) is 30.5 Å². The summed E-state index contributed by atoms with van der Waals surface area (Å²) in [6, 6.07) is 6.88. The molecule has 13 nitrogen and oxygen atoms in total. The van der Waals surface area contributed by atoms with E-state index in [1.807, 2.05) is 0 Å². The van der Waals surface area contributed by atoms with Crippen molar-refractivity contribution in [1.29, 1.82) is 0 Å². The first kappa shape index (κ1) is 21.7. The molecule has 0 unspecified atom stereocenters. The van der Waals surface area contributed by atoms with Crippen LogP contribution in [0.2, 0.25) is 0 Å². The van der Waals surface area contributed by atoms with Crippen molar-refractivity contribution in [1.82, 2.24) is 25.2 Å². The number of rotatable bonds is 7. The molecule has 0 spiro atoms. The minimum atomic E-state index is -4.08. The van der Waals surface area contributed by atoms with Crippen molar-refractivity contribution in [3.63, 3.8) is 0 Å². The van der Waals surface area contributed by atoms with Gasteiger partial charge in [-0.1, -0.05) is 12.1 Å². The summed E-state index contributed by atoms with van der Waals surface area (Å²) in [5, 5.41) is 26.5. The maximum atomic E-state index is 12.7. The molecule has 0 aliphatic rings. The highest BCUT2D eigenvalue weighted by molar-refractivity contribution is 7.91. The number of hydrogen-bond donors (Lipinski definition) is 4. The number of pyridine rings is 1. The number of sulfone groups is 1. The Labute approximate surface area is 171 Å². The zero-order valence-corrected chi connectivity index (χ0v) is 17.0. The number of benzene rings is 1. The van der Waals surface area contributed by atoms with Gasteiger partial charge in [0.1, 0.15) is 5.69 Å². The fourth-order valence-electron chi connectivity index (χ4n) is 2.63. The smallest absolute Gasteiger partial charge is 0.238 e. The number of tetrazole rings is 1. The van der Waals surface area contributed by atoms with Crippen molar-refractivity contribution < 1.29 is 21.9 Å². The van der Waals surface area contributed by atoms with Crippen molar-refractivity contribution in [2.24, 2.45) is 10.9 Å². The third-order valence-corrected chi connectivity index (χ3v) is 6.77. The van der Waals surface area contributed by atoms with E-state index in [1.54, 1.807) is 6.07 Å². The van der Waals surface area contributed by atoms with Gasteiger partial charge < -0.3 is 16.6 Å². The second-order valence-corrected chi connectivity index (χ2v) is 9.69. The van der Waals surface area contributed by atoms with Crippen LogP contribution in [-0.2, 0) is 19.9 Å². The highest BCUT2D eigenvalue weighted by Gasteiger charge is 2.27. The lowest BCUT2D eigenvalue weighted by Crippen LogP contribution is -2.29. The molecule has 3 rings (SSSR count). The lowest BCUT2D eigenvalue weighted by Gasteiger charge is -2.12. The van der Waals surface area contributed by atoms with Crippen molar-refractivity contribution >= 4 is 25.7 Å². The third-order valence-electron chi connectivity index (χ3n) is 3.98. The van der Waals surface area contributed by atoms with Crippen LogP contribution in [0, 0.1) is 0 Å². The number of anilines is 1. The Hall–Kier alpha value is -2.98. The normalized spacial score (nSPS) is 13.3. The summed E-state index contributed by atoms with van der Waals surface area (Å²) in [4.78, 5) is 4.13. The molecule has 0 aliphatic heterocycles. The molecule has 30 heavy (non-hydrogen) atoms. The monoisotopic (exact) mass is 454 g/mol. The first-order valence-corrected chi connectivity index (χ1v) is 11.5. The summed E-state index contributed by atoms with van der Waals surface area (Å²) in [6.07, 6.45) is -0.118. The van der Waals surface area contributed by atoms with Gasteiger partial charge in [0.2, 0.25) is 15.8 Å². The van der Waals surface area contributed by atoms with Gasteiger partial charge in [0.25, 0.3) is 0 Å². The van der Waals surface area contributed by atoms with E-state index in [9.17, 15) is 21.9 Å². The largest absolute Gasteiger partial charge is 0.391 e. The third kappa shape index (κ3) is 4.29. The maximum absolute atomic E-state index is 12.7. The average Bonchev–Trinajstić information content (AvgIpc) is 3.16. The van der Waals surface area contributed by atoms with Crippen LogP contribution in [-0.4, -0.2) is 65.5 Å². The van der Waals surface area contributed by atoms with Gasteiger partial charge in [-0.3, -0.25) is 0 Å². The number of aromatic nitrogens is 5. The molecule has 15 heteroatoms. The quantitative estimate of drug-likeness (QED) is 0.307. The topological polar surface area (TPSA) is 223 Å². The first-order valence-electron chi connectivity index (χ1n) is 8.32. The lowest BCUT2D eigenvalue weighted by atomic mass is 10.2. The summed E-state index contributed by atoms with van der Waals surface area (Å²) in [5.41, 5.74) is 11.0. The van der Waals surface area contributed by atoms with E-state index in [0.717, 1.165) is 4.80 Å². The van der Waals surface area contributed by atoms with Crippen LogP contribution in [0.25, 0.3) is 17.1 Å². The molecular weight excluding hydrogens is 436 g/mol. The van der Waals surface area contributed by atoms with E-state index in [-0.39, 0.29) is 39.2 Å². The first-order chi connectivity index (χ1) is 14.0. The Morgan fingerprint density at radius 2 is 1.80 bits per heavy atom. The van der Waals surface area contributed by atoms with Crippen LogP contribution in [0.15, 0.2) is 46.3 Å². The number of nitrogen functional groups attached to an aromatic ring is 1. The van der Waals surface area contributed by atoms with Gasteiger partial charge in [-0.2, -0.15) is 0 Å². The van der Waals surface area contributed by atoms with Crippen LogP contribution in [0.3, 0.4) is 0 Å². The molecule has 1 aromatic carbocycles. The molecule has 2 aromatic heterocycles. The van der Waals surface area contributed by atoms with Gasteiger partial charge in [0, 0.05) is 18.3 Å². The van der Waals surface area contributed by atoms with E-state index in [2.05, 4.69) is 20.4 Å². The molecule has 0 saturated carbocycles. The van der Waals surface area contributed by atoms with Gasteiger partial charge in [-0.05, 0) is 23.4 Å². The van der Waals surface area contributed by atoms with Crippen LogP contribution in [0.1, 0.15) is 0 Å². The molecule has 0 amide bonds. The number of sulfonamides is 1. The molecule has 1 atom stereocenters. The van der Waals surface area contributed by atoms with Gasteiger partial charge >= 0.3 is 0 Å². The summed E-state index contributed by atoms with van der Waals surface area (Å²) in [5.74, 6) is -1.01. The molecule has 0 aliphatic carbocycles. The molecule has 0 radical (unpaired) electrons. The number of nitrogens with two attached hydrogens (primary N) is 3. The van der Waals surface area contributed by atoms with Crippen molar-refractivity contribution in [2.75, 3.05) is 18.0 Å². The van der Waals surface area contributed by atoms with Crippen LogP contribution >= 0.6 is 0 Å². The van der Waals surface area contributed by atoms with E-state index >= 15 is 0 Å². The molecule has 3 aromatic rings. The van der Waals surface area contributed by atoms with Crippen LogP contribution in [0.5, 0.6) is 0 Å². The number of primary sulfonamides is 1. The Balaban J connectivity index is 2.15. The summed E-state index contributed by atoms with van der Waals surface area (Å²) < 4.78 is 49.1. The molecule has 2 heterocycles. The number of aliphatic hydroxyl groups is 1. The fourth-order valence-corrected chi connectivity index (χ4v) is 4.94. The Bertz CT molecular complexity index is 1290. The number of hydrogen-bond acceptors (Lipinski definition) is 11. The van der Waals surface area contributed by atoms with E-state index < -0.39 is 31.7 Å². The summed E-state index contributed by atoms with van der Waals surface area (Å²) in [7, 11) is -8.14.